The average Bonchev–Trinajstić information content (AvgIpc) is 3.67. The molecule has 10 nitrogen and oxygen atoms in total. The number of likely N-dealkylation sites (N-methyl/N-ethyl adjacent to an activating group) is 1. The number of nitrogens with zero attached hydrogens (tertiary/aromatic N) is 6. The standard InChI is InChI=1S/C32H27ClN6O4S/c1-18-37-25-16-36-24(6-8-32(9-10-32)38(2)3)22(15-34)27(25)30(40)39(18)12-13-43-26-5-4-19(33)14-21(26)20-7-11-35-28-23(31(41)42)17-44-29(20)28/h4-8,11,14,16-17H,9-10,12-13H2,1-3H3,(H,41,42)/b8-6+. The number of carboxylic acids is 1. The molecule has 1 saturated carbocycles. The van der Waals surface area contributed by atoms with Gasteiger partial charge in [0, 0.05) is 33.3 Å². The van der Waals surface area contributed by atoms with Crippen LogP contribution >= 0.6 is 22.9 Å². The summed E-state index contributed by atoms with van der Waals surface area (Å²) in [7, 11) is 4.04. The summed E-state index contributed by atoms with van der Waals surface area (Å²) >= 11 is 7.64. The number of ether oxygens (including phenoxy) is 1. The van der Waals surface area contributed by atoms with E-state index < -0.39 is 5.97 Å². The summed E-state index contributed by atoms with van der Waals surface area (Å²) in [6.07, 6.45) is 9.02. The predicted molar refractivity (Wildman–Crippen MR) is 170 cm³/mol. The molecule has 0 saturated heterocycles. The first-order chi connectivity index (χ1) is 21.1. The first-order valence-corrected chi connectivity index (χ1v) is 15.1. The van der Waals surface area contributed by atoms with Gasteiger partial charge >= 0.3 is 5.97 Å². The lowest BCUT2D eigenvalue weighted by Crippen LogP contribution is -2.28. The molecule has 1 aromatic carbocycles. The lowest BCUT2D eigenvalue weighted by atomic mass is 10.0. The van der Waals surface area contributed by atoms with E-state index in [2.05, 4.69) is 32.0 Å². The van der Waals surface area contributed by atoms with Crippen LogP contribution in [0, 0.1) is 18.3 Å². The Balaban J connectivity index is 1.31. The van der Waals surface area contributed by atoms with Gasteiger partial charge in [0.25, 0.3) is 5.56 Å². The number of benzene rings is 1. The van der Waals surface area contributed by atoms with Gasteiger partial charge in [-0.05, 0) is 64.2 Å². The largest absolute Gasteiger partial charge is 0.491 e. The van der Waals surface area contributed by atoms with Crippen molar-refractivity contribution in [2.75, 3.05) is 20.7 Å². The number of aromatic carboxylic acids is 1. The maximum atomic E-state index is 13.8. The maximum absolute atomic E-state index is 13.8. The molecule has 0 aliphatic heterocycles. The molecule has 44 heavy (non-hydrogen) atoms. The van der Waals surface area contributed by atoms with Crippen LogP contribution in [0.25, 0.3) is 38.3 Å². The fourth-order valence-corrected chi connectivity index (χ4v) is 6.54. The molecular formula is C32H27ClN6O4S. The smallest absolute Gasteiger partial charge is 0.338 e. The second-order valence-corrected chi connectivity index (χ2v) is 12.1. The molecule has 222 valence electrons. The van der Waals surface area contributed by atoms with E-state index in [1.165, 1.54) is 22.1 Å². The van der Waals surface area contributed by atoms with Gasteiger partial charge in [-0.2, -0.15) is 5.26 Å². The van der Waals surface area contributed by atoms with E-state index in [9.17, 15) is 20.0 Å². The third-order valence-electron chi connectivity index (χ3n) is 8.03. The van der Waals surface area contributed by atoms with E-state index in [4.69, 9.17) is 16.3 Å². The number of nitriles is 1. The number of aromatic nitrogens is 4. The molecule has 5 aromatic rings. The summed E-state index contributed by atoms with van der Waals surface area (Å²) < 4.78 is 8.39. The zero-order valence-corrected chi connectivity index (χ0v) is 25.7. The van der Waals surface area contributed by atoms with E-state index in [-0.39, 0.29) is 40.8 Å². The van der Waals surface area contributed by atoms with Crippen LogP contribution in [0.4, 0.5) is 0 Å². The van der Waals surface area contributed by atoms with Crippen molar-refractivity contribution in [3.8, 4) is 22.9 Å². The number of thiophene rings is 1. The Labute approximate surface area is 261 Å². The van der Waals surface area contributed by atoms with Crippen molar-refractivity contribution >= 4 is 56.1 Å². The van der Waals surface area contributed by atoms with Crippen molar-refractivity contribution in [2.24, 2.45) is 0 Å². The summed E-state index contributed by atoms with van der Waals surface area (Å²) in [5.74, 6) is -0.0698. The Hall–Kier alpha value is -4.63. The molecule has 1 aliphatic carbocycles. The molecule has 1 N–H and O–H groups in total. The third-order valence-corrected chi connectivity index (χ3v) is 9.26. The van der Waals surface area contributed by atoms with E-state index >= 15 is 0 Å². The Kier molecular flexibility index (Phi) is 7.67. The SMILES string of the molecule is Cc1nc2cnc(/C=C/C3(N(C)C)CC3)c(C#N)c2c(=O)n1CCOc1ccc(Cl)cc1-c1ccnc2c(C(=O)O)csc12. The van der Waals surface area contributed by atoms with E-state index in [0.29, 0.717) is 43.6 Å². The summed E-state index contributed by atoms with van der Waals surface area (Å²) in [4.78, 5) is 40.9. The van der Waals surface area contributed by atoms with Crippen LogP contribution in [0.3, 0.4) is 0 Å². The molecule has 1 aliphatic rings. The highest BCUT2D eigenvalue weighted by Crippen LogP contribution is 2.42. The molecular weight excluding hydrogens is 600 g/mol. The zero-order valence-electron chi connectivity index (χ0n) is 24.2. The molecule has 0 spiro atoms. The Bertz CT molecular complexity index is 2090. The number of aryl methyl sites for hydroxylation is 1. The second-order valence-electron chi connectivity index (χ2n) is 10.8. The minimum atomic E-state index is -1.05. The highest BCUT2D eigenvalue weighted by Gasteiger charge is 2.42. The first kappa shape index (κ1) is 29.4. The number of carboxylic acid groups (broad SMARTS) is 1. The van der Waals surface area contributed by atoms with Crippen LogP contribution in [0.15, 0.2) is 52.9 Å². The number of hydrogen-bond donors (Lipinski definition) is 1. The summed E-state index contributed by atoms with van der Waals surface area (Å²) in [5, 5.41) is 21.9. The van der Waals surface area contributed by atoms with Crippen LogP contribution in [-0.2, 0) is 6.54 Å². The maximum Gasteiger partial charge on any atom is 0.338 e. The lowest BCUT2D eigenvalue weighted by Gasteiger charge is -2.19. The van der Waals surface area contributed by atoms with E-state index in [1.54, 1.807) is 42.8 Å². The molecule has 0 bridgehead atoms. The highest BCUT2D eigenvalue weighted by molar-refractivity contribution is 7.18. The van der Waals surface area contributed by atoms with Gasteiger partial charge in [0.1, 0.15) is 24.3 Å². The molecule has 0 atom stereocenters. The summed E-state index contributed by atoms with van der Waals surface area (Å²) in [6.45, 7) is 2.02. The van der Waals surface area contributed by atoms with Crippen LogP contribution < -0.4 is 10.3 Å². The average molecular weight is 627 g/mol. The van der Waals surface area contributed by atoms with Gasteiger partial charge in [-0.15, -0.1) is 11.3 Å². The van der Waals surface area contributed by atoms with Crippen LogP contribution in [0.2, 0.25) is 5.02 Å². The minimum absolute atomic E-state index is 0.0446. The van der Waals surface area contributed by atoms with Crippen molar-refractivity contribution in [2.45, 2.75) is 31.8 Å². The van der Waals surface area contributed by atoms with Gasteiger partial charge < -0.3 is 14.7 Å². The molecule has 4 aromatic heterocycles. The normalized spacial score (nSPS) is 14.0. The topological polar surface area (TPSA) is 134 Å². The Morgan fingerprint density at radius 3 is 2.77 bits per heavy atom. The van der Waals surface area contributed by atoms with Gasteiger partial charge in [-0.3, -0.25) is 19.3 Å². The molecule has 0 amide bonds. The minimum Gasteiger partial charge on any atom is -0.491 e. The van der Waals surface area contributed by atoms with Gasteiger partial charge in [-0.1, -0.05) is 17.7 Å². The zero-order chi connectivity index (χ0) is 31.2. The van der Waals surface area contributed by atoms with Crippen molar-refractivity contribution in [3.63, 3.8) is 0 Å². The van der Waals surface area contributed by atoms with Gasteiger partial charge in [-0.25, -0.2) is 9.78 Å². The molecule has 0 radical (unpaired) electrons. The van der Waals surface area contributed by atoms with Crippen molar-refractivity contribution < 1.29 is 14.6 Å². The Morgan fingerprint density at radius 1 is 1.27 bits per heavy atom. The number of hydrogen-bond acceptors (Lipinski definition) is 9. The number of halogens is 1. The van der Waals surface area contributed by atoms with Crippen molar-refractivity contribution in [1.82, 2.24) is 24.4 Å². The van der Waals surface area contributed by atoms with Gasteiger partial charge in [0.15, 0.2) is 0 Å². The molecule has 0 unspecified atom stereocenters. The molecule has 1 fully saturated rings. The van der Waals surface area contributed by atoms with E-state index in [1.807, 2.05) is 20.2 Å². The predicted octanol–water partition coefficient (Wildman–Crippen LogP) is 5.79. The van der Waals surface area contributed by atoms with Crippen LogP contribution in [0.1, 0.15) is 40.3 Å². The number of pyridine rings is 2. The van der Waals surface area contributed by atoms with Crippen molar-refractivity contribution in [3.05, 3.63) is 86.1 Å². The highest BCUT2D eigenvalue weighted by atomic mass is 35.5. The van der Waals surface area contributed by atoms with Gasteiger partial charge in [0.05, 0.1) is 50.7 Å². The summed E-state index contributed by atoms with van der Waals surface area (Å²) in [5.41, 5.74) is 2.54. The number of fused-ring (bicyclic) bond motifs is 2. The van der Waals surface area contributed by atoms with Crippen molar-refractivity contribution in [1.29, 1.82) is 5.26 Å². The first-order valence-electron chi connectivity index (χ1n) is 13.8. The third kappa shape index (κ3) is 5.21. The molecule has 12 heteroatoms. The lowest BCUT2D eigenvalue weighted by molar-refractivity contribution is 0.0699. The monoisotopic (exact) mass is 626 g/mol. The Morgan fingerprint density at radius 2 is 2.07 bits per heavy atom. The number of rotatable bonds is 9. The fraction of sp³-hybridized carbons (Fsp3) is 0.250. The number of carbonyl (C=O) groups is 1. The second kappa shape index (κ2) is 11.5. The van der Waals surface area contributed by atoms with E-state index in [0.717, 1.165) is 18.4 Å². The summed E-state index contributed by atoms with van der Waals surface area (Å²) in [6, 6.07) is 9.17. The quantitative estimate of drug-likeness (QED) is 0.216. The molecule has 6 rings (SSSR count). The molecule has 4 heterocycles. The van der Waals surface area contributed by atoms with Gasteiger partial charge in [0.2, 0.25) is 0 Å². The fourth-order valence-electron chi connectivity index (χ4n) is 5.34. The van der Waals surface area contributed by atoms with Crippen LogP contribution in [0.5, 0.6) is 5.75 Å². The van der Waals surface area contributed by atoms with Crippen LogP contribution in [-0.4, -0.2) is 61.7 Å².